The van der Waals surface area contributed by atoms with Crippen LogP contribution in [0.25, 0.3) is 11.0 Å². The van der Waals surface area contributed by atoms with Gasteiger partial charge in [0.15, 0.2) is 11.5 Å². The lowest BCUT2D eigenvalue weighted by Gasteiger charge is -2.29. The average Bonchev–Trinajstić information content (AvgIpc) is 3.12. The summed E-state index contributed by atoms with van der Waals surface area (Å²) in [5.74, 6) is 1.17. The second-order valence-electron chi connectivity index (χ2n) is 7.27. The van der Waals surface area contributed by atoms with Crippen molar-refractivity contribution in [3.63, 3.8) is 0 Å². The number of pyridine rings is 1. The van der Waals surface area contributed by atoms with Crippen LogP contribution >= 0.6 is 0 Å². The molecule has 6 heteroatoms. The van der Waals surface area contributed by atoms with Crippen LogP contribution in [0.5, 0.6) is 11.5 Å². The summed E-state index contributed by atoms with van der Waals surface area (Å²) in [7, 11) is 3.35. The van der Waals surface area contributed by atoms with Crippen LogP contribution in [0.3, 0.4) is 0 Å². The lowest BCUT2D eigenvalue weighted by Crippen LogP contribution is -2.31. The molecule has 0 N–H and O–H groups in total. The summed E-state index contributed by atoms with van der Waals surface area (Å²) in [6, 6.07) is 9.39. The monoisotopic (exact) mass is 383 g/mol. The normalized spacial score (nSPS) is 14.2. The molecule has 0 aliphatic carbocycles. The van der Waals surface area contributed by atoms with Gasteiger partial charge in [0.05, 0.1) is 14.2 Å². The third-order valence-corrected chi connectivity index (χ3v) is 5.50. The van der Waals surface area contributed by atoms with Gasteiger partial charge in [-0.25, -0.2) is 4.98 Å². The van der Waals surface area contributed by atoms with Crippen molar-refractivity contribution in [1.82, 2.24) is 14.5 Å². The number of unbranched alkanes of at least 4 members (excludes halogenated alkanes) is 1. The van der Waals surface area contributed by atoms with E-state index in [2.05, 4.69) is 22.0 Å². The van der Waals surface area contributed by atoms with E-state index in [9.17, 15) is 4.39 Å². The summed E-state index contributed by atoms with van der Waals surface area (Å²) in [6.07, 6.45) is 5.16. The van der Waals surface area contributed by atoms with E-state index in [-0.39, 0.29) is 0 Å². The van der Waals surface area contributed by atoms with Crippen molar-refractivity contribution in [3.05, 3.63) is 53.6 Å². The van der Waals surface area contributed by atoms with Gasteiger partial charge in [0, 0.05) is 31.2 Å². The zero-order valence-corrected chi connectivity index (χ0v) is 16.4. The van der Waals surface area contributed by atoms with Crippen LogP contribution in [-0.4, -0.2) is 41.8 Å². The topological polar surface area (TPSA) is 39.5 Å². The molecule has 1 aliphatic rings. The molecule has 5 nitrogen and oxygen atoms in total. The number of hydrogen-bond acceptors (Lipinski definition) is 4. The van der Waals surface area contributed by atoms with Gasteiger partial charge in [-0.15, -0.1) is 0 Å². The number of nitrogens with zero attached hydrogens (tertiary/aromatic N) is 3. The molecular weight excluding hydrogens is 357 g/mol. The maximum atomic E-state index is 13.4. The minimum atomic E-state index is -0.425. The van der Waals surface area contributed by atoms with Crippen LogP contribution in [0, 0.1) is 5.95 Å². The Morgan fingerprint density at radius 2 is 1.75 bits per heavy atom. The number of ether oxygens (including phenoxy) is 2. The standard InChI is InChI=1S/C22H26FN3O2/c1-27-19-13-17-7-11-25(15-18(17)14-20(19)28-2)9-3-4-10-26-12-8-16-5-6-21(23)24-22(16)26/h5-6,8,12-14H,3-4,7,9-11,15H2,1-2H3. The average molecular weight is 383 g/mol. The molecule has 0 saturated carbocycles. The molecule has 0 atom stereocenters. The molecule has 1 aromatic carbocycles. The minimum absolute atomic E-state index is 0.425. The molecule has 2 aromatic heterocycles. The molecule has 0 bridgehead atoms. The van der Waals surface area contributed by atoms with Gasteiger partial charge in [0.1, 0.15) is 5.65 Å². The molecule has 0 unspecified atom stereocenters. The van der Waals surface area contributed by atoms with Crippen molar-refractivity contribution in [2.75, 3.05) is 27.3 Å². The van der Waals surface area contributed by atoms with Crippen LogP contribution in [-0.2, 0) is 19.5 Å². The van der Waals surface area contributed by atoms with Crippen molar-refractivity contribution in [2.45, 2.75) is 32.4 Å². The van der Waals surface area contributed by atoms with E-state index in [1.807, 2.05) is 16.8 Å². The first kappa shape index (κ1) is 18.7. The Morgan fingerprint density at radius 3 is 2.54 bits per heavy atom. The second-order valence-corrected chi connectivity index (χ2v) is 7.27. The molecule has 148 valence electrons. The number of methoxy groups -OCH3 is 2. The Labute approximate surface area is 164 Å². The van der Waals surface area contributed by atoms with Crippen molar-refractivity contribution >= 4 is 11.0 Å². The summed E-state index contributed by atoms with van der Waals surface area (Å²) < 4.78 is 26.3. The Kier molecular flexibility index (Phi) is 5.48. The van der Waals surface area contributed by atoms with Crippen LogP contribution < -0.4 is 9.47 Å². The van der Waals surface area contributed by atoms with E-state index in [4.69, 9.17) is 9.47 Å². The summed E-state index contributed by atoms with van der Waals surface area (Å²) in [6.45, 7) is 3.90. The van der Waals surface area contributed by atoms with E-state index in [1.165, 1.54) is 17.2 Å². The summed E-state index contributed by atoms with van der Waals surface area (Å²) in [4.78, 5) is 6.51. The lowest BCUT2D eigenvalue weighted by atomic mass is 9.98. The fraction of sp³-hybridized carbons (Fsp3) is 0.409. The first-order chi connectivity index (χ1) is 13.7. The van der Waals surface area contributed by atoms with Gasteiger partial charge in [-0.05, 0) is 67.3 Å². The highest BCUT2D eigenvalue weighted by Crippen LogP contribution is 2.33. The zero-order chi connectivity index (χ0) is 19.5. The third-order valence-electron chi connectivity index (χ3n) is 5.50. The van der Waals surface area contributed by atoms with Crippen LogP contribution in [0.2, 0.25) is 0 Å². The second kappa shape index (κ2) is 8.19. The predicted octanol–water partition coefficient (Wildman–Crippen LogP) is 4.03. The highest BCUT2D eigenvalue weighted by atomic mass is 19.1. The molecule has 4 rings (SSSR count). The SMILES string of the molecule is COc1cc2c(cc1OC)CN(CCCCn1ccc3ccc(F)nc31)CC2. The quantitative estimate of drug-likeness (QED) is 0.456. The number of aromatic nitrogens is 2. The zero-order valence-electron chi connectivity index (χ0n) is 16.4. The number of halogens is 1. The van der Waals surface area contributed by atoms with Crippen LogP contribution in [0.1, 0.15) is 24.0 Å². The molecule has 3 heterocycles. The first-order valence-electron chi connectivity index (χ1n) is 9.75. The molecular formula is C22H26FN3O2. The fourth-order valence-corrected chi connectivity index (χ4v) is 3.97. The molecule has 0 radical (unpaired) electrons. The van der Waals surface area contributed by atoms with E-state index in [0.717, 1.165) is 68.0 Å². The first-order valence-corrected chi connectivity index (χ1v) is 9.75. The molecule has 1 aliphatic heterocycles. The number of rotatable bonds is 7. The molecule has 0 spiro atoms. The number of benzene rings is 1. The maximum Gasteiger partial charge on any atom is 0.214 e. The molecule has 0 amide bonds. The Bertz CT molecular complexity index is 970. The van der Waals surface area contributed by atoms with Gasteiger partial charge < -0.3 is 14.0 Å². The molecule has 3 aromatic rings. The van der Waals surface area contributed by atoms with Crippen LogP contribution in [0.4, 0.5) is 4.39 Å². The Balaban J connectivity index is 1.32. The van der Waals surface area contributed by atoms with Gasteiger partial charge >= 0.3 is 0 Å². The number of fused-ring (bicyclic) bond motifs is 2. The third kappa shape index (κ3) is 3.83. The van der Waals surface area contributed by atoms with Crippen molar-refractivity contribution in [3.8, 4) is 11.5 Å². The van der Waals surface area contributed by atoms with Crippen molar-refractivity contribution < 1.29 is 13.9 Å². The van der Waals surface area contributed by atoms with E-state index in [0.29, 0.717) is 0 Å². The van der Waals surface area contributed by atoms with Crippen LogP contribution in [0.15, 0.2) is 36.5 Å². The summed E-state index contributed by atoms with van der Waals surface area (Å²) in [5, 5.41) is 0.985. The minimum Gasteiger partial charge on any atom is -0.493 e. The number of hydrogen-bond donors (Lipinski definition) is 0. The van der Waals surface area contributed by atoms with E-state index in [1.54, 1.807) is 20.3 Å². The van der Waals surface area contributed by atoms with E-state index < -0.39 is 5.95 Å². The van der Waals surface area contributed by atoms with Gasteiger partial charge in [-0.3, -0.25) is 4.90 Å². The summed E-state index contributed by atoms with van der Waals surface area (Å²) >= 11 is 0. The summed E-state index contributed by atoms with van der Waals surface area (Å²) in [5.41, 5.74) is 3.40. The largest absolute Gasteiger partial charge is 0.493 e. The maximum absolute atomic E-state index is 13.4. The highest BCUT2D eigenvalue weighted by Gasteiger charge is 2.19. The smallest absolute Gasteiger partial charge is 0.214 e. The van der Waals surface area contributed by atoms with E-state index >= 15 is 0 Å². The molecule has 0 saturated heterocycles. The Hall–Kier alpha value is -2.60. The van der Waals surface area contributed by atoms with Crippen molar-refractivity contribution in [1.29, 1.82) is 0 Å². The molecule has 28 heavy (non-hydrogen) atoms. The van der Waals surface area contributed by atoms with Crippen molar-refractivity contribution in [2.24, 2.45) is 0 Å². The molecule has 0 fully saturated rings. The lowest BCUT2D eigenvalue weighted by molar-refractivity contribution is 0.246. The fourth-order valence-electron chi connectivity index (χ4n) is 3.97. The number of aryl methyl sites for hydroxylation is 1. The van der Waals surface area contributed by atoms with Gasteiger partial charge in [0.2, 0.25) is 5.95 Å². The van der Waals surface area contributed by atoms with Gasteiger partial charge in [-0.1, -0.05) is 0 Å². The highest BCUT2D eigenvalue weighted by molar-refractivity contribution is 5.75. The predicted molar refractivity (Wildman–Crippen MR) is 107 cm³/mol. The Morgan fingerprint density at radius 1 is 1.00 bits per heavy atom. The van der Waals surface area contributed by atoms with Gasteiger partial charge in [-0.2, -0.15) is 4.39 Å². The van der Waals surface area contributed by atoms with Gasteiger partial charge in [0.25, 0.3) is 0 Å².